The van der Waals surface area contributed by atoms with Crippen molar-refractivity contribution in [3.8, 4) is 0 Å². The predicted molar refractivity (Wildman–Crippen MR) is 108 cm³/mol. The Kier molecular flexibility index (Phi) is 5.98. The Labute approximate surface area is 165 Å². The number of anilines is 2. The van der Waals surface area contributed by atoms with Gasteiger partial charge in [0.05, 0.1) is 6.04 Å². The molecule has 0 spiro atoms. The van der Waals surface area contributed by atoms with E-state index < -0.39 is 8.07 Å². The summed E-state index contributed by atoms with van der Waals surface area (Å²) >= 11 is 6.01. The summed E-state index contributed by atoms with van der Waals surface area (Å²) in [6, 6.07) is 2.69. The van der Waals surface area contributed by atoms with E-state index in [9.17, 15) is 4.79 Å². The molecule has 0 N–H and O–H groups in total. The van der Waals surface area contributed by atoms with Crippen LogP contribution in [0.5, 0.6) is 0 Å². The van der Waals surface area contributed by atoms with Crippen molar-refractivity contribution >= 4 is 37.1 Å². The lowest BCUT2D eigenvalue weighted by Crippen LogP contribution is -2.43. The van der Waals surface area contributed by atoms with E-state index in [4.69, 9.17) is 16.3 Å². The van der Waals surface area contributed by atoms with E-state index in [1.54, 1.807) is 10.9 Å². The number of carbonyl (C=O) groups excluding carboxylic acids is 1. The van der Waals surface area contributed by atoms with Crippen molar-refractivity contribution in [3.05, 3.63) is 29.3 Å². The van der Waals surface area contributed by atoms with Crippen LogP contribution in [0.25, 0.3) is 0 Å². The van der Waals surface area contributed by atoms with E-state index in [-0.39, 0.29) is 17.1 Å². The SMILES string of the molecule is CCC1C(=O)Cc2cnc(Cl)nc2N1c1ccn(COCC[Si](C)(C)C)n1. The molecule has 1 unspecified atom stereocenters. The van der Waals surface area contributed by atoms with E-state index in [1.807, 2.05) is 24.1 Å². The third-order valence-electron chi connectivity index (χ3n) is 4.57. The number of ether oxygens (including phenoxy) is 1. The number of Topliss-reactive ketones (excluding diaryl/α,β-unsaturated/α-hetero) is 1. The number of carbonyl (C=O) groups is 1. The van der Waals surface area contributed by atoms with Crippen LogP contribution in [0.1, 0.15) is 18.9 Å². The van der Waals surface area contributed by atoms with E-state index in [0.29, 0.717) is 31.2 Å². The molecule has 3 heterocycles. The molecule has 2 aromatic rings. The number of rotatable bonds is 7. The van der Waals surface area contributed by atoms with Crippen LogP contribution in [0.3, 0.4) is 0 Å². The second-order valence-corrected chi connectivity index (χ2v) is 13.9. The van der Waals surface area contributed by atoms with Gasteiger partial charge in [-0.15, -0.1) is 0 Å². The van der Waals surface area contributed by atoms with Crippen molar-refractivity contribution in [3.63, 3.8) is 0 Å². The van der Waals surface area contributed by atoms with Crippen molar-refractivity contribution in [1.29, 1.82) is 0 Å². The average Bonchev–Trinajstić information content (AvgIpc) is 3.05. The Bertz CT molecular complexity index is 820. The lowest BCUT2D eigenvalue weighted by Gasteiger charge is -2.34. The standard InChI is InChI=1S/C18H26ClN5O2Si/c1-5-14-15(25)10-13-11-20-18(19)21-17(13)24(14)16-6-7-23(22-16)12-26-8-9-27(2,3)4/h6-7,11,14H,5,8-10,12H2,1-4H3. The molecule has 2 aromatic heterocycles. The smallest absolute Gasteiger partial charge is 0.224 e. The van der Waals surface area contributed by atoms with Gasteiger partial charge in [-0.1, -0.05) is 26.6 Å². The Morgan fingerprint density at radius 2 is 2.15 bits per heavy atom. The highest BCUT2D eigenvalue weighted by Crippen LogP contribution is 2.34. The van der Waals surface area contributed by atoms with Gasteiger partial charge in [-0.25, -0.2) is 9.67 Å². The number of aromatic nitrogens is 4. The monoisotopic (exact) mass is 407 g/mol. The molecule has 146 valence electrons. The van der Waals surface area contributed by atoms with E-state index in [0.717, 1.165) is 18.2 Å². The number of halogens is 1. The van der Waals surface area contributed by atoms with E-state index in [2.05, 4.69) is 34.7 Å². The first kappa shape index (κ1) is 20.0. The van der Waals surface area contributed by atoms with Crippen molar-refractivity contribution in [2.45, 2.75) is 58.2 Å². The van der Waals surface area contributed by atoms with Crippen LogP contribution in [0.4, 0.5) is 11.6 Å². The summed E-state index contributed by atoms with van der Waals surface area (Å²) in [5.41, 5.74) is 0.773. The fourth-order valence-corrected chi connectivity index (χ4v) is 3.96. The second-order valence-electron chi connectivity index (χ2n) is 7.99. The van der Waals surface area contributed by atoms with Gasteiger partial charge in [0.1, 0.15) is 12.5 Å². The number of nitrogens with zero attached hydrogens (tertiary/aromatic N) is 5. The number of hydrogen-bond donors (Lipinski definition) is 0. The fraction of sp³-hybridized carbons (Fsp3) is 0.556. The topological polar surface area (TPSA) is 73.1 Å². The largest absolute Gasteiger partial charge is 0.360 e. The maximum absolute atomic E-state index is 12.6. The molecule has 9 heteroatoms. The molecule has 7 nitrogen and oxygen atoms in total. The van der Waals surface area contributed by atoms with Gasteiger partial charge in [0.25, 0.3) is 0 Å². The summed E-state index contributed by atoms with van der Waals surface area (Å²) in [5.74, 6) is 1.46. The normalized spacial score (nSPS) is 17.3. The van der Waals surface area contributed by atoms with E-state index in [1.165, 1.54) is 0 Å². The molecule has 0 amide bonds. The first-order valence-electron chi connectivity index (χ1n) is 9.23. The maximum Gasteiger partial charge on any atom is 0.224 e. The van der Waals surface area contributed by atoms with Gasteiger partial charge in [-0.3, -0.25) is 9.69 Å². The molecule has 0 saturated carbocycles. The Hall–Kier alpha value is -1.77. The molecule has 1 atom stereocenters. The molecule has 1 aliphatic rings. The lowest BCUT2D eigenvalue weighted by molar-refractivity contribution is -0.120. The molecular weight excluding hydrogens is 382 g/mol. The zero-order valence-corrected chi connectivity index (χ0v) is 18.0. The molecule has 0 saturated heterocycles. The minimum Gasteiger partial charge on any atom is -0.360 e. The first-order chi connectivity index (χ1) is 12.8. The highest BCUT2D eigenvalue weighted by Gasteiger charge is 2.35. The summed E-state index contributed by atoms with van der Waals surface area (Å²) in [6.45, 7) is 10.1. The summed E-state index contributed by atoms with van der Waals surface area (Å²) in [6.07, 6.45) is 4.47. The van der Waals surface area contributed by atoms with Crippen LogP contribution in [-0.2, 0) is 22.7 Å². The van der Waals surface area contributed by atoms with Crippen LogP contribution in [0.2, 0.25) is 31.0 Å². The zero-order chi connectivity index (χ0) is 19.6. The van der Waals surface area contributed by atoms with Gasteiger partial charge in [-0.2, -0.15) is 10.1 Å². The quantitative estimate of drug-likeness (QED) is 0.396. The summed E-state index contributed by atoms with van der Waals surface area (Å²) < 4.78 is 7.51. The van der Waals surface area contributed by atoms with Crippen LogP contribution in [0.15, 0.2) is 18.5 Å². The van der Waals surface area contributed by atoms with Crippen molar-refractivity contribution in [2.75, 3.05) is 11.5 Å². The molecule has 3 rings (SSSR count). The van der Waals surface area contributed by atoms with Crippen molar-refractivity contribution < 1.29 is 9.53 Å². The fourth-order valence-electron chi connectivity index (χ4n) is 3.07. The lowest BCUT2D eigenvalue weighted by atomic mass is 9.96. The Morgan fingerprint density at radius 1 is 1.37 bits per heavy atom. The van der Waals surface area contributed by atoms with Crippen molar-refractivity contribution in [2.24, 2.45) is 0 Å². The van der Waals surface area contributed by atoms with Gasteiger partial charge in [0, 0.05) is 45.1 Å². The number of hydrogen-bond acceptors (Lipinski definition) is 6. The summed E-state index contributed by atoms with van der Waals surface area (Å²) in [7, 11) is -1.11. The van der Waals surface area contributed by atoms with Gasteiger partial charge in [0.2, 0.25) is 5.28 Å². The van der Waals surface area contributed by atoms with Crippen LogP contribution < -0.4 is 4.90 Å². The van der Waals surface area contributed by atoms with Crippen LogP contribution in [-0.4, -0.2) is 46.3 Å². The minimum absolute atomic E-state index is 0.136. The maximum atomic E-state index is 12.6. The Balaban J connectivity index is 1.79. The molecule has 0 aliphatic carbocycles. The Morgan fingerprint density at radius 3 is 2.85 bits per heavy atom. The van der Waals surface area contributed by atoms with Crippen molar-refractivity contribution in [1.82, 2.24) is 19.7 Å². The van der Waals surface area contributed by atoms with Crippen LogP contribution >= 0.6 is 11.6 Å². The molecule has 0 bridgehead atoms. The zero-order valence-electron chi connectivity index (χ0n) is 16.3. The average molecular weight is 408 g/mol. The molecule has 0 aromatic carbocycles. The van der Waals surface area contributed by atoms with Gasteiger partial charge in [-0.05, 0) is 24.1 Å². The predicted octanol–water partition coefficient (Wildman–Crippen LogP) is 3.68. The number of fused-ring (bicyclic) bond motifs is 1. The molecule has 27 heavy (non-hydrogen) atoms. The molecule has 1 aliphatic heterocycles. The van der Waals surface area contributed by atoms with Gasteiger partial charge >= 0.3 is 0 Å². The van der Waals surface area contributed by atoms with Gasteiger partial charge in [0.15, 0.2) is 11.6 Å². The van der Waals surface area contributed by atoms with Crippen LogP contribution in [0, 0.1) is 0 Å². The highest BCUT2D eigenvalue weighted by atomic mass is 35.5. The third kappa shape index (κ3) is 4.74. The summed E-state index contributed by atoms with van der Waals surface area (Å²) in [5, 5.41) is 4.77. The second kappa shape index (κ2) is 8.08. The minimum atomic E-state index is -1.11. The van der Waals surface area contributed by atoms with E-state index >= 15 is 0 Å². The number of ketones is 1. The highest BCUT2D eigenvalue weighted by molar-refractivity contribution is 6.76. The molecular formula is C18H26ClN5O2Si. The molecule has 0 radical (unpaired) electrons. The van der Waals surface area contributed by atoms with Gasteiger partial charge < -0.3 is 4.74 Å². The first-order valence-corrected chi connectivity index (χ1v) is 13.3. The summed E-state index contributed by atoms with van der Waals surface area (Å²) in [4.78, 5) is 22.8. The molecule has 0 fully saturated rings. The third-order valence-corrected chi connectivity index (χ3v) is 6.45.